The highest BCUT2D eigenvalue weighted by molar-refractivity contribution is 7.47. The minimum atomic E-state index is -5.17. The predicted molar refractivity (Wildman–Crippen MR) is 268 cm³/mol. The van der Waals surface area contributed by atoms with Gasteiger partial charge in [0.05, 0.1) is 12.7 Å². The number of phosphoric acid groups is 1. The molecular formula is C53H83O14P. The summed E-state index contributed by atoms with van der Waals surface area (Å²) in [5.41, 5.74) is 0. The van der Waals surface area contributed by atoms with Crippen LogP contribution in [0.15, 0.2) is 122 Å². The summed E-state index contributed by atoms with van der Waals surface area (Å²) in [5, 5.41) is 60.2. The van der Waals surface area contributed by atoms with Crippen molar-refractivity contribution in [3.63, 3.8) is 0 Å². The van der Waals surface area contributed by atoms with E-state index in [2.05, 4.69) is 74.6 Å². The topological polar surface area (TPSA) is 230 Å². The van der Waals surface area contributed by atoms with Crippen molar-refractivity contribution in [2.75, 3.05) is 13.2 Å². The van der Waals surface area contributed by atoms with Crippen molar-refractivity contribution < 1.29 is 68.2 Å². The van der Waals surface area contributed by atoms with Gasteiger partial charge in [0.1, 0.15) is 43.2 Å². The van der Waals surface area contributed by atoms with Gasteiger partial charge in [-0.25, -0.2) is 4.57 Å². The number of hydrogen-bond donors (Lipinski definition) is 7. The first-order valence-electron chi connectivity index (χ1n) is 24.4. The molecule has 9 atom stereocenters. The summed E-state index contributed by atoms with van der Waals surface area (Å²) in [6, 6.07) is 0. The number of allylic oxidation sites excluding steroid dienone is 18. The van der Waals surface area contributed by atoms with Crippen LogP contribution in [0.5, 0.6) is 0 Å². The van der Waals surface area contributed by atoms with Crippen LogP contribution in [0.4, 0.5) is 0 Å². The van der Waals surface area contributed by atoms with Gasteiger partial charge in [-0.3, -0.25) is 18.6 Å². The second kappa shape index (κ2) is 41.0. The SMILES string of the molecule is CC/C=C\C/C=C\CC(O)/C=C/C=C\C/C=C\C/C=C\CCC(=O)OC[C@H](COP(=O)(O)OC1[C@H](O)[C@H](O)C(O)[C@H](O)[C@H]1O)OC(=O)CCCCC/C=C\C/C=C\C/C=C\C/C=C\CCCCC. The Morgan fingerprint density at radius 3 is 1.62 bits per heavy atom. The zero-order chi connectivity index (χ0) is 50.1. The number of carbonyl (C=O) groups excluding carboxylic acids is 2. The largest absolute Gasteiger partial charge is 0.472 e. The molecule has 7 N–H and O–H groups in total. The van der Waals surface area contributed by atoms with Gasteiger partial charge in [-0.1, -0.05) is 155 Å². The number of hydrogen-bond acceptors (Lipinski definition) is 13. The van der Waals surface area contributed by atoms with Crippen LogP contribution in [0.1, 0.15) is 136 Å². The van der Waals surface area contributed by atoms with Gasteiger partial charge in [0.2, 0.25) is 0 Å². The lowest BCUT2D eigenvalue weighted by Gasteiger charge is -2.41. The third-order valence-electron chi connectivity index (χ3n) is 10.4. The molecule has 0 aliphatic heterocycles. The Morgan fingerprint density at radius 1 is 0.544 bits per heavy atom. The van der Waals surface area contributed by atoms with E-state index in [0.29, 0.717) is 32.1 Å². The van der Waals surface area contributed by atoms with Crippen LogP contribution in [-0.4, -0.2) is 110 Å². The van der Waals surface area contributed by atoms with E-state index in [1.807, 2.05) is 54.7 Å². The van der Waals surface area contributed by atoms with Crippen LogP contribution in [0.3, 0.4) is 0 Å². The Kier molecular flexibility index (Phi) is 37.6. The number of aliphatic hydroxyl groups is 6. The van der Waals surface area contributed by atoms with Crippen LogP contribution in [0.2, 0.25) is 0 Å². The smallest absolute Gasteiger partial charge is 0.462 e. The molecule has 0 bridgehead atoms. The number of esters is 2. The number of unbranched alkanes of at least 4 members (excludes halogenated alkanes) is 6. The van der Waals surface area contributed by atoms with E-state index < -0.39 is 81.8 Å². The molecule has 0 heterocycles. The third-order valence-corrected chi connectivity index (χ3v) is 11.4. The first-order chi connectivity index (χ1) is 32.8. The second-order valence-electron chi connectivity index (χ2n) is 16.4. The highest BCUT2D eigenvalue weighted by Gasteiger charge is 2.51. The van der Waals surface area contributed by atoms with Crippen LogP contribution < -0.4 is 0 Å². The summed E-state index contributed by atoms with van der Waals surface area (Å²) < 4.78 is 33.4. The van der Waals surface area contributed by atoms with Gasteiger partial charge in [0.25, 0.3) is 0 Å². The minimum Gasteiger partial charge on any atom is -0.462 e. The Balaban J connectivity index is 2.55. The average Bonchev–Trinajstić information content (AvgIpc) is 3.32. The monoisotopic (exact) mass is 975 g/mol. The van der Waals surface area contributed by atoms with E-state index in [0.717, 1.165) is 57.8 Å². The van der Waals surface area contributed by atoms with Gasteiger partial charge >= 0.3 is 19.8 Å². The van der Waals surface area contributed by atoms with Crippen LogP contribution in [0.25, 0.3) is 0 Å². The number of carbonyl (C=O) groups is 2. The van der Waals surface area contributed by atoms with E-state index in [1.54, 1.807) is 6.08 Å². The fourth-order valence-electron chi connectivity index (χ4n) is 6.44. The molecule has 0 aromatic rings. The van der Waals surface area contributed by atoms with Crippen LogP contribution in [-0.2, 0) is 32.7 Å². The molecule has 0 saturated heterocycles. The van der Waals surface area contributed by atoms with Crippen molar-refractivity contribution >= 4 is 19.8 Å². The quantitative estimate of drug-likeness (QED) is 0.0101. The number of ether oxygens (including phenoxy) is 2. The van der Waals surface area contributed by atoms with Crippen LogP contribution in [0, 0.1) is 0 Å². The molecule has 15 heteroatoms. The lowest BCUT2D eigenvalue weighted by molar-refractivity contribution is -0.220. The van der Waals surface area contributed by atoms with Gasteiger partial charge in [-0.2, -0.15) is 0 Å². The molecule has 0 aromatic heterocycles. The fourth-order valence-corrected chi connectivity index (χ4v) is 7.41. The Hall–Kier alpha value is -3.79. The number of phosphoric ester groups is 1. The maximum Gasteiger partial charge on any atom is 0.472 e. The molecular weight excluding hydrogens is 892 g/mol. The van der Waals surface area contributed by atoms with E-state index >= 15 is 0 Å². The molecule has 0 radical (unpaired) electrons. The summed E-state index contributed by atoms with van der Waals surface area (Å²) in [5.74, 6) is -1.28. The first kappa shape index (κ1) is 62.2. The number of rotatable bonds is 38. The van der Waals surface area contributed by atoms with Gasteiger partial charge in [-0.15, -0.1) is 0 Å². The zero-order valence-electron chi connectivity index (χ0n) is 40.5. The Bertz CT molecular complexity index is 1660. The molecule has 14 nitrogen and oxygen atoms in total. The van der Waals surface area contributed by atoms with Crippen molar-refractivity contribution in [3.8, 4) is 0 Å². The summed E-state index contributed by atoms with van der Waals surface area (Å²) in [6.45, 7) is 2.99. The molecule has 1 aliphatic carbocycles. The highest BCUT2D eigenvalue weighted by atomic mass is 31.2. The second-order valence-corrected chi connectivity index (χ2v) is 17.8. The van der Waals surface area contributed by atoms with Crippen LogP contribution >= 0.6 is 7.82 Å². The molecule has 0 spiro atoms. The van der Waals surface area contributed by atoms with E-state index in [4.69, 9.17) is 18.5 Å². The lowest BCUT2D eigenvalue weighted by Crippen LogP contribution is -2.64. The molecule has 1 aliphatic rings. The highest BCUT2D eigenvalue weighted by Crippen LogP contribution is 2.47. The van der Waals surface area contributed by atoms with Crippen molar-refractivity contribution in [2.24, 2.45) is 0 Å². The normalized spacial score (nSPS) is 22.5. The standard InChI is InChI=1S/C53H83O14P/c1-3-5-7-9-11-12-13-14-15-16-17-18-19-20-21-26-29-33-37-41-47(56)66-45(43-65-68(62,63)67-53-51(60)49(58)48(57)50(59)52(53)61)42-64-46(55)40-36-32-28-25-23-22-24-27-31-35-39-44(54)38-34-30-10-8-6-4-2/h6,8,11-12,14-15,17-18,20-23,27-28,30-32,34-35,39,44-45,48-54,57-61H,3-5,7,9-10,13,16,19,24-26,29,33,36-38,40-43H2,1-2H3,(H,62,63)/b8-6-,12-11-,15-14-,18-17-,21-20-,23-22-,31-27-,32-28-,34-30-,39-35+/t44?,45-,48?,49-,50+,51-,52-,53?/m1/s1. The number of aliphatic hydroxyl groups excluding tert-OH is 6. The van der Waals surface area contributed by atoms with Crippen molar-refractivity contribution in [3.05, 3.63) is 122 Å². The maximum atomic E-state index is 12.8. The summed E-state index contributed by atoms with van der Waals surface area (Å²) in [4.78, 5) is 35.7. The summed E-state index contributed by atoms with van der Waals surface area (Å²) in [7, 11) is -5.17. The minimum absolute atomic E-state index is 0.00334. The molecule has 384 valence electrons. The third kappa shape index (κ3) is 32.9. The molecule has 68 heavy (non-hydrogen) atoms. The molecule has 1 saturated carbocycles. The molecule has 4 unspecified atom stereocenters. The maximum absolute atomic E-state index is 12.8. The van der Waals surface area contributed by atoms with Gasteiger partial charge in [0.15, 0.2) is 6.10 Å². The molecule has 0 amide bonds. The van der Waals surface area contributed by atoms with Crippen molar-refractivity contribution in [2.45, 2.75) is 185 Å². The molecule has 0 aromatic carbocycles. The zero-order valence-corrected chi connectivity index (χ0v) is 41.3. The van der Waals surface area contributed by atoms with Gasteiger partial charge in [-0.05, 0) is 89.9 Å². The Morgan fingerprint density at radius 2 is 1.04 bits per heavy atom. The lowest BCUT2D eigenvalue weighted by atomic mass is 9.85. The Labute approximate surface area is 406 Å². The first-order valence-corrected chi connectivity index (χ1v) is 25.9. The summed E-state index contributed by atoms with van der Waals surface area (Å²) in [6.07, 6.45) is 41.3. The average molecular weight is 975 g/mol. The van der Waals surface area contributed by atoms with Crippen molar-refractivity contribution in [1.82, 2.24) is 0 Å². The van der Waals surface area contributed by atoms with Crippen molar-refractivity contribution in [1.29, 1.82) is 0 Å². The van der Waals surface area contributed by atoms with E-state index in [9.17, 15) is 49.7 Å². The summed E-state index contributed by atoms with van der Waals surface area (Å²) >= 11 is 0. The molecule has 1 fully saturated rings. The fraction of sp³-hybridized carbons (Fsp3) is 0.585. The predicted octanol–water partition coefficient (Wildman–Crippen LogP) is 9.14. The van der Waals surface area contributed by atoms with E-state index in [1.165, 1.54) is 19.3 Å². The van der Waals surface area contributed by atoms with Gasteiger partial charge in [0, 0.05) is 12.8 Å². The van der Waals surface area contributed by atoms with Gasteiger partial charge < -0.3 is 45.0 Å². The van der Waals surface area contributed by atoms with E-state index in [-0.39, 0.29) is 12.8 Å². The molecule has 1 rings (SSSR count).